The zero-order valence-corrected chi connectivity index (χ0v) is 17.4. The maximum absolute atomic E-state index is 12.9. The zero-order chi connectivity index (χ0) is 21.1. The van der Waals surface area contributed by atoms with Crippen molar-refractivity contribution < 1.29 is 22.7 Å². The molecule has 1 amide bonds. The lowest BCUT2D eigenvalue weighted by Crippen LogP contribution is -2.39. The van der Waals surface area contributed by atoms with Crippen LogP contribution >= 0.6 is 0 Å². The second-order valence-electron chi connectivity index (χ2n) is 7.49. The van der Waals surface area contributed by atoms with Crippen molar-refractivity contribution in [1.82, 2.24) is 4.31 Å². The summed E-state index contributed by atoms with van der Waals surface area (Å²) in [5.41, 5.74) is 1.96. The van der Waals surface area contributed by atoms with Gasteiger partial charge in [-0.15, -0.1) is 0 Å². The third kappa shape index (κ3) is 3.97. The molecule has 7 nitrogen and oxygen atoms in total. The number of hydrogen-bond donors (Lipinski definition) is 0. The lowest BCUT2D eigenvalue weighted by Gasteiger charge is -2.30. The second kappa shape index (κ2) is 8.57. The Labute approximate surface area is 176 Å². The number of carbonyl (C=O) groups excluding carboxylic acids is 2. The van der Waals surface area contributed by atoms with Crippen LogP contribution in [0.25, 0.3) is 0 Å². The number of hydrogen-bond acceptors (Lipinski definition) is 5. The number of carbonyl (C=O) groups is 2. The first-order valence-corrected chi connectivity index (χ1v) is 11.5. The fraction of sp³-hybridized carbons (Fsp3) is 0.364. The van der Waals surface area contributed by atoms with Gasteiger partial charge in [-0.25, -0.2) is 8.42 Å². The molecule has 30 heavy (non-hydrogen) atoms. The van der Waals surface area contributed by atoms with E-state index in [2.05, 4.69) is 0 Å². The number of aldehydes is 1. The first kappa shape index (κ1) is 20.6. The quantitative estimate of drug-likeness (QED) is 0.661. The second-order valence-corrected chi connectivity index (χ2v) is 9.43. The number of rotatable bonds is 6. The van der Waals surface area contributed by atoms with Gasteiger partial charge in [0.2, 0.25) is 10.0 Å². The molecule has 2 heterocycles. The van der Waals surface area contributed by atoms with Crippen molar-refractivity contribution >= 4 is 27.9 Å². The maximum atomic E-state index is 12.9. The largest absolute Gasteiger partial charge is 0.483 e. The lowest BCUT2D eigenvalue weighted by molar-refractivity contribution is -0.120. The first-order valence-electron chi connectivity index (χ1n) is 10.1. The highest BCUT2D eigenvalue weighted by Crippen LogP contribution is 2.31. The van der Waals surface area contributed by atoms with Crippen molar-refractivity contribution in [3.8, 4) is 5.75 Å². The van der Waals surface area contributed by atoms with Crippen molar-refractivity contribution in [2.75, 3.05) is 31.1 Å². The van der Waals surface area contributed by atoms with Crippen molar-refractivity contribution in [1.29, 1.82) is 0 Å². The predicted molar refractivity (Wildman–Crippen MR) is 112 cm³/mol. The zero-order valence-electron chi connectivity index (χ0n) is 16.6. The highest BCUT2D eigenvalue weighted by Gasteiger charge is 2.29. The minimum atomic E-state index is -3.49. The van der Waals surface area contributed by atoms with E-state index in [0.29, 0.717) is 37.2 Å². The van der Waals surface area contributed by atoms with E-state index < -0.39 is 10.0 Å². The van der Waals surface area contributed by atoms with Crippen molar-refractivity contribution in [2.45, 2.75) is 30.6 Å². The van der Waals surface area contributed by atoms with Crippen molar-refractivity contribution in [3.05, 3.63) is 53.6 Å². The van der Waals surface area contributed by atoms with Crippen LogP contribution in [0.5, 0.6) is 5.75 Å². The molecular weight excluding hydrogens is 404 g/mol. The predicted octanol–water partition coefficient (Wildman–Crippen LogP) is 2.64. The van der Waals surface area contributed by atoms with E-state index in [1.165, 1.54) is 4.31 Å². The normalized spacial score (nSPS) is 16.9. The summed E-state index contributed by atoms with van der Waals surface area (Å²) in [5.74, 6) is 0.136. The molecule has 2 aliphatic heterocycles. The van der Waals surface area contributed by atoms with Gasteiger partial charge in [0.1, 0.15) is 5.75 Å². The van der Waals surface area contributed by atoms with Gasteiger partial charge in [-0.3, -0.25) is 9.59 Å². The number of sulfonamides is 1. The number of ether oxygens (including phenoxy) is 1. The Morgan fingerprint density at radius 3 is 2.57 bits per heavy atom. The van der Waals surface area contributed by atoms with Crippen LogP contribution in [0.15, 0.2) is 47.4 Å². The Morgan fingerprint density at radius 2 is 1.80 bits per heavy atom. The van der Waals surface area contributed by atoms with Crippen molar-refractivity contribution in [2.24, 2.45) is 0 Å². The SMILES string of the molecule is O=Cc1ccccc1OCC(=O)N1CCCc2cc(S(=O)(=O)N3CCCC3)ccc21. The minimum absolute atomic E-state index is 0.196. The third-order valence-corrected chi connectivity index (χ3v) is 7.47. The molecule has 8 heteroatoms. The first-order chi connectivity index (χ1) is 14.5. The van der Waals surface area contributed by atoms with Gasteiger partial charge in [-0.2, -0.15) is 4.31 Å². The van der Waals surface area contributed by atoms with E-state index in [1.807, 2.05) is 0 Å². The molecule has 1 saturated heterocycles. The monoisotopic (exact) mass is 428 g/mol. The molecule has 0 N–H and O–H groups in total. The number of amides is 1. The van der Waals surface area contributed by atoms with E-state index in [0.717, 1.165) is 36.9 Å². The van der Waals surface area contributed by atoms with Crippen LogP contribution in [0.4, 0.5) is 5.69 Å². The van der Waals surface area contributed by atoms with Gasteiger partial charge in [0, 0.05) is 25.3 Å². The standard InChI is InChI=1S/C22H24N2O5S/c25-15-18-6-1-2-8-21(18)29-16-22(26)24-13-5-7-17-14-19(9-10-20(17)24)30(27,28)23-11-3-4-12-23/h1-2,6,8-10,14-15H,3-5,7,11-13,16H2. The summed E-state index contributed by atoms with van der Waals surface area (Å²) >= 11 is 0. The van der Waals surface area contributed by atoms with Gasteiger partial charge < -0.3 is 9.64 Å². The number of fused-ring (bicyclic) bond motifs is 1. The van der Waals surface area contributed by atoms with Crippen LogP contribution in [0.2, 0.25) is 0 Å². The molecule has 2 aromatic carbocycles. The number of aryl methyl sites for hydroxylation is 1. The van der Waals surface area contributed by atoms with E-state index in [4.69, 9.17) is 4.74 Å². The molecule has 2 aliphatic rings. The van der Waals surface area contributed by atoms with Crippen molar-refractivity contribution in [3.63, 3.8) is 0 Å². The summed E-state index contributed by atoms with van der Waals surface area (Å²) in [7, 11) is -3.49. The van der Waals surface area contributed by atoms with Gasteiger partial charge in [0.05, 0.1) is 10.5 Å². The van der Waals surface area contributed by atoms with E-state index >= 15 is 0 Å². The smallest absolute Gasteiger partial charge is 0.264 e. The third-order valence-electron chi connectivity index (χ3n) is 5.57. The Balaban J connectivity index is 1.52. The maximum Gasteiger partial charge on any atom is 0.264 e. The molecule has 0 bridgehead atoms. The molecule has 2 aromatic rings. The van der Waals surface area contributed by atoms with Gasteiger partial charge in [0.15, 0.2) is 12.9 Å². The molecule has 0 atom stereocenters. The fourth-order valence-electron chi connectivity index (χ4n) is 4.00. The summed E-state index contributed by atoms with van der Waals surface area (Å²) in [6.07, 6.45) is 3.94. The van der Waals surface area contributed by atoms with E-state index in [9.17, 15) is 18.0 Å². The molecule has 0 unspecified atom stereocenters. The van der Waals surface area contributed by atoms with Gasteiger partial charge in [-0.1, -0.05) is 12.1 Å². The topological polar surface area (TPSA) is 84.0 Å². The number of anilines is 1. The van der Waals surface area contributed by atoms with E-state index in [1.54, 1.807) is 47.4 Å². The average molecular weight is 429 g/mol. The van der Waals surface area contributed by atoms with Gasteiger partial charge in [-0.05, 0) is 61.6 Å². The van der Waals surface area contributed by atoms with Crippen LogP contribution in [0, 0.1) is 0 Å². The highest BCUT2D eigenvalue weighted by atomic mass is 32.2. The van der Waals surface area contributed by atoms with Gasteiger partial charge in [0.25, 0.3) is 5.91 Å². The molecule has 0 aromatic heterocycles. The summed E-state index contributed by atoms with van der Waals surface area (Å²) in [5, 5.41) is 0. The van der Waals surface area contributed by atoms with Crippen LogP contribution in [0.3, 0.4) is 0 Å². The van der Waals surface area contributed by atoms with Crippen LogP contribution in [-0.2, 0) is 21.2 Å². The molecule has 0 aliphatic carbocycles. The summed E-state index contributed by atoms with van der Waals surface area (Å²) in [4.78, 5) is 25.8. The Bertz CT molecular complexity index is 1060. The Hall–Kier alpha value is -2.71. The average Bonchev–Trinajstić information content (AvgIpc) is 3.32. The molecule has 0 spiro atoms. The summed E-state index contributed by atoms with van der Waals surface area (Å²) in [6.45, 7) is 1.47. The minimum Gasteiger partial charge on any atom is -0.483 e. The number of benzene rings is 2. The molecule has 158 valence electrons. The van der Waals surface area contributed by atoms with Gasteiger partial charge >= 0.3 is 0 Å². The molecular formula is C22H24N2O5S. The number of nitrogens with zero attached hydrogens (tertiary/aromatic N) is 2. The lowest BCUT2D eigenvalue weighted by atomic mass is 10.0. The molecule has 4 rings (SSSR count). The number of para-hydroxylation sites is 1. The molecule has 0 radical (unpaired) electrons. The summed E-state index contributed by atoms with van der Waals surface area (Å²) in [6, 6.07) is 11.8. The summed E-state index contributed by atoms with van der Waals surface area (Å²) < 4.78 is 32.8. The highest BCUT2D eigenvalue weighted by molar-refractivity contribution is 7.89. The fourth-order valence-corrected chi connectivity index (χ4v) is 5.57. The van der Waals surface area contributed by atoms with E-state index in [-0.39, 0.29) is 17.4 Å². The molecule has 0 saturated carbocycles. The van der Waals surface area contributed by atoms with Crippen LogP contribution in [-0.4, -0.2) is 51.2 Å². The molecule has 1 fully saturated rings. The van der Waals surface area contributed by atoms with Crippen LogP contribution < -0.4 is 9.64 Å². The van der Waals surface area contributed by atoms with Crippen LogP contribution in [0.1, 0.15) is 35.2 Å². The Kier molecular flexibility index (Phi) is 5.87. The Morgan fingerprint density at radius 1 is 1.03 bits per heavy atom.